The number of rotatable bonds is 5. The number of esters is 1. The van der Waals surface area contributed by atoms with Gasteiger partial charge in [-0.15, -0.1) is 0 Å². The summed E-state index contributed by atoms with van der Waals surface area (Å²) in [5.74, 6) is -0.501. The zero-order chi connectivity index (χ0) is 26.4. The Morgan fingerprint density at radius 2 is 1.63 bits per heavy atom. The Bertz CT molecular complexity index is 1370. The van der Waals surface area contributed by atoms with Gasteiger partial charge in [-0.2, -0.15) is 0 Å². The van der Waals surface area contributed by atoms with E-state index in [0.29, 0.717) is 44.0 Å². The number of carbonyl (C=O) groups is 2. The summed E-state index contributed by atoms with van der Waals surface area (Å²) in [4.78, 5) is 37.3. The Balaban J connectivity index is 1.60. The minimum Gasteiger partial charge on any atom is -0.461 e. The maximum Gasteiger partial charge on any atom is 0.338 e. The van der Waals surface area contributed by atoms with E-state index in [1.807, 2.05) is 60.7 Å². The molecule has 0 radical (unpaired) electrons. The van der Waals surface area contributed by atoms with Crippen LogP contribution in [0.5, 0.6) is 0 Å². The lowest BCUT2D eigenvalue weighted by atomic mass is 9.87. The maximum atomic E-state index is 14.5. The van der Waals surface area contributed by atoms with Crippen LogP contribution in [0.1, 0.15) is 54.0 Å². The summed E-state index contributed by atoms with van der Waals surface area (Å²) in [6.07, 6.45) is 0.595. The van der Waals surface area contributed by atoms with Crippen molar-refractivity contribution in [3.05, 3.63) is 83.2 Å². The number of benzene rings is 2. The van der Waals surface area contributed by atoms with Crippen LogP contribution in [-0.4, -0.2) is 60.7 Å². The van der Waals surface area contributed by atoms with Crippen molar-refractivity contribution in [1.82, 2.24) is 9.88 Å². The van der Waals surface area contributed by atoms with Crippen molar-refractivity contribution >= 4 is 17.6 Å². The van der Waals surface area contributed by atoms with Crippen molar-refractivity contribution < 1.29 is 19.1 Å². The Kier molecular flexibility index (Phi) is 6.19. The summed E-state index contributed by atoms with van der Waals surface area (Å²) in [5, 5.41) is 0. The molecule has 0 spiro atoms. The zero-order valence-corrected chi connectivity index (χ0v) is 22.1. The van der Waals surface area contributed by atoms with Gasteiger partial charge < -0.3 is 19.3 Å². The first-order chi connectivity index (χ1) is 18.4. The van der Waals surface area contributed by atoms with Crippen LogP contribution < -0.4 is 4.90 Å². The number of amides is 1. The SMILES string of the molecule is CC(C)c1nc2c(c(-c3ccccc3)c1N1CCOCC1)C(=O)N1C(Cc3ccccc3)COC(=O)C21C. The molecule has 6 rings (SSSR count). The number of nitrogens with zero attached hydrogens (tertiary/aromatic N) is 3. The molecule has 0 bridgehead atoms. The third-order valence-electron chi connectivity index (χ3n) is 7.99. The van der Waals surface area contributed by atoms with Crippen molar-refractivity contribution in [3.8, 4) is 11.1 Å². The molecule has 0 saturated carbocycles. The molecule has 2 unspecified atom stereocenters. The van der Waals surface area contributed by atoms with Crippen LogP contribution in [0.3, 0.4) is 0 Å². The highest BCUT2D eigenvalue weighted by Crippen LogP contribution is 2.50. The van der Waals surface area contributed by atoms with Crippen LogP contribution >= 0.6 is 0 Å². The van der Waals surface area contributed by atoms with Gasteiger partial charge in [-0.25, -0.2) is 4.79 Å². The molecule has 1 aromatic heterocycles. The Labute approximate surface area is 223 Å². The second-order valence-electron chi connectivity index (χ2n) is 10.8. The first-order valence-corrected chi connectivity index (χ1v) is 13.4. The maximum absolute atomic E-state index is 14.5. The number of morpholine rings is 2. The van der Waals surface area contributed by atoms with Crippen molar-refractivity contribution in [1.29, 1.82) is 0 Å². The minimum absolute atomic E-state index is 0.0769. The molecule has 0 N–H and O–H groups in total. The van der Waals surface area contributed by atoms with E-state index in [1.54, 1.807) is 11.8 Å². The van der Waals surface area contributed by atoms with Crippen LogP contribution in [-0.2, 0) is 26.2 Å². The molecule has 0 aliphatic carbocycles. The average Bonchev–Trinajstić information content (AvgIpc) is 3.18. The van der Waals surface area contributed by atoms with Gasteiger partial charge in [-0.3, -0.25) is 9.78 Å². The lowest BCUT2D eigenvalue weighted by molar-refractivity contribution is -0.169. The van der Waals surface area contributed by atoms with Crippen molar-refractivity contribution in [2.45, 2.75) is 44.7 Å². The fourth-order valence-electron chi connectivity index (χ4n) is 6.14. The molecule has 2 aromatic carbocycles. The Hall–Kier alpha value is -3.71. The number of fused-ring (bicyclic) bond motifs is 3. The molecular formula is C31H33N3O4. The van der Waals surface area contributed by atoms with Gasteiger partial charge in [-0.05, 0) is 30.4 Å². The van der Waals surface area contributed by atoms with E-state index in [4.69, 9.17) is 14.5 Å². The highest BCUT2D eigenvalue weighted by molar-refractivity contribution is 6.12. The van der Waals surface area contributed by atoms with Crippen LogP contribution in [0.15, 0.2) is 60.7 Å². The zero-order valence-electron chi connectivity index (χ0n) is 22.1. The fraction of sp³-hybridized carbons (Fsp3) is 0.387. The predicted octanol–water partition coefficient (Wildman–Crippen LogP) is 4.55. The molecule has 2 fully saturated rings. The number of cyclic esters (lactones) is 1. The molecule has 7 heteroatoms. The molecule has 7 nitrogen and oxygen atoms in total. The molecule has 1 amide bonds. The molecule has 3 aromatic rings. The first kappa shape index (κ1) is 24.6. The van der Waals surface area contributed by atoms with E-state index in [0.717, 1.165) is 28.1 Å². The standard InChI is InChI=1S/C31H33N3O4/c1-20(2)26-27(33-14-16-37-17-15-33)24(22-12-8-5-9-13-22)25-28(32-26)31(3)30(36)38-19-23(34(31)29(25)35)18-21-10-6-4-7-11-21/h4-13,20,23H,14-19H2,1-3H3. The monoisotopic (exact) mass is 511 g/mol. The largest absolute Gasteiger partial charge is 0.461 e. The summed E-state index contributed by atoms with van der Waals surface area (Å²) in [5.41, 5.74) is 4.48. The molecule has 38 heavy (non-hydrogen) atoms. The van der Waals surface area contributed by atoms with Crippen molar-refractivity contribution in [3.63, 3.8) is 0 Å². The highest BCUT2D eigenvalue weighted by atomic mass is 16.5. The third-order valence-corrected chi connectivity index (χ3v) is 7.99. The van der Waals surface area contributed by atoms with Gasteiger partial charge >= 0.3 is 5.97 Å². The predicted molar refractivity (Wildman–Crippen MR) is 145 cm³/mol. The molecular weight excluding hydrogens is 478 g/mol. The van der Waals surface area contributed by atoms with Gasteiger partial charge in [0.25, 0.3) is 5.91 Å². The second-order valence-corrected chi connectivity index (χ2v) is 10.8. The van der Waals surface area contributed by atoms with Crippen molar-refractivity contribution in [2.24, 2.45) is 0 Å². The molecule has 4 heterocycles. The molecule has 3 aliphatic heterocycles. The number of hydrogen-bond donors (Lipinski definition) is 0. The van der Waals surface area contributed by atoms with Gasteiger partial charge in [0.05, 0.1) is 41.9 Å². The third kappa shape index (κ3) is 3.79. The van der Waals surface area contributed by atoms with Crippen LogP contribution in [0, 0.1) is 0 Å². The lowest BCUT2D eigenvalue weighted by Gasteiger charge is -2.43. The van der Waals surface area contributed by atoms with Gasteiger partial charge in [0.2, 0.25) is 0 Å². The average molecular weight is 512 g/mol. The van der Waals surface area contributed by atoms with E-state index in [-0.39, 0.29) is 24.5 Å². The summed E-state index contributed by atoms with van der Waals surface area (Å²) >= 11 is 0. The summed E-state index contributed by atoms with van der Waals surface area (Å²) in [6, 6.07) is 19.8. The number of carbonyl (C=O) groups excluding carboxylic acids is 2. The van der Waals surface area contributed by atoms with E-state index in [2.05, 4.69) is 18.7 Å². The lowest BCUT2D eigenvalue weighted by Crippen LogP contribution is -2.59. The number of anilines is 1. The van der Waals surface area contributed by atoms with Crippen molar-refractivity contribution in [2.75, 3.05) is 37.8 Å². The van der Waals surface area contributed by atoms with E-state index < -0.39 is 11.5 Å². The van der Waals surface area contributed by atoms with E-state index >= 15 is 0 Å². The van der Waals surface area contributed by atoms with Crippen LogP contribution in [0.2, 0.25) is 0 Å². The number of aromatic nitrogens is 1. The topological polar surface area (TPSA) is 72.0 Å². The molecule has 2 atom stereocenters. The normalized spacial score (nSPS) is 22.9. The Morgan fingerprint density at radius 3 is 2.29 bits per heavy atom. The molecule has 3 aliphatic rings. The van der Waals surface area contributed by atoms with E-state index in [9.17, 15) is 9.59 Å². The van der Waals surface area contributed by atoms with Crippen LogP contribution in [0.25, 0.3) is 11.1 Å². The smallest absolute Gasteiger partial charge is 0.338 e. The second kappa shape index (κ2) is 9.55. The first-order valence-electron chi connectivity index (χ1n) is 13.4. The highest BCUT2D eigenvalue weighted by Gasteiger charge is 2.60. The summed E-state index contributed by atoms with van der Waals surface area (Å²) in [7, 11) is 0. The minimum atomic E-state index is -1.29. The fourth-order valence-corrected chi connectivity index (χ4v) is 6.14. The van der Waals surface area contributed by atoms with Gasteiger partial charge in [-0.1, -0.05) is 74.5 Å². The molecule has 2 saturated heterocycles. The quantitative estimate of drug-likeness (QED) is 0.468. The van der Waals surface area contributed by atoms with Gasteiger partial charge in [0.1, 0.15) is 6.61 Å². The van der Waals surface area contributed by atoms with Crippen LogP contribution in [0.4, 0.5) is 5.69 Å². The summed E-state index contributed by atoms with van der Waals surface area (Å²) < 4.78 is 11.4. The van der Waals surface area contributed by atoms with Gasteiger partial charge in [0.15, 0.2) is 5.54 Å². The van der Waals surface area contributed by atoms with Gasteiger partial charge in [0, 0.05) is 18.7 Å². The Morgan fingerprint density at radius 1 is 0.974 bits per heavy atom. The number of pyridine rings is 1. The number of hydrogen-bond acceptors (Lipinski definition) is 6. The number of ether oxygens (including phenoxy) is 2. The summed E-state index contributed by atoms with van der Waals surface area (Å²) in [6.45, 7) is 8.86. The molecule has 196 valence electrons. The van der Waals surface area contributed by atoms with E-state index in [1.165, 1.54) is 0 Å².